The minimum Gasteiger partial charge on any atom is -0.493 e. The first-order valence-corrected chi connectivity index (χ1v) is 5.86. The van der Waals surface area contributed by atoms with Crippen LogP contribution in [0, 0.1) is 0 Å². The molecule has 1 amide bonds. The third-order valence-corrected chi connectivity index (χ3v) is 2.74. The highest BCUT2D eigenvalue weighted by molar-refractivity contribution is 5.94. The van der Waals surface area contributed by atoms with Gasteiger partial charge >= 0.3 is 0 Å². The summed E-state index contributed by atoms with van der Waals surface area (Å²) in [6, 6.07) is 5.45. The Hall–Kier alpha value is -2.20. The average Bonchev–Trinajstić information content (AvgIpc) is 2.85. The summed E-state index contributed by atoms with van der Waals surface area (Å²) >= 11 is 0. The molecule has 0 aliphatic carbocycles. The molecule has 0 atom stereocenters. The number of nitrogens with zero attached hydrogens (tertiary/aromatic N) is 3. The van der Waals surface area contributed by atoms with Crippen LogP contribution in [-0.4, -0.2) is 25.6 Å². The Kier molecular flexibility index (Phi) is 4.04. The molecule has 1 aliphatic heterocycles. The Labute approximate surface area is 105 Å². The molecule has 0 saturated carbocycles. The van der Waals surface area contributed by atoms with Gasteiger partial charge in [0.1, 0.15) is 5.75 Å². The van der Waals surface area contributed by atoms with Crippen LogP contribution >= 0.6 is 0 Å². The molecular formula is C12H14N4O2. The van der Waals surface area contributed by atoms with Crippen LogP contribution in [0.15, 0.2) is 23.3 Å². The zero-order valence-corrected chi connectivity index (χ0v) is 9.93. The van der Waals surface area contributed by atoms with Gasteiger partial charge in [-0.25, -0.2) is 0 Å². The summed E-state index contributed by atoms with van der Waals surface area (Å²) in [7, 11) is 0. The highest BCUT2D eigenvalue weighted by Gasteiger charge is 2.14. The van der Waals surface area contributed by atoms with E-state index in [2.05, 4.69) is 15.3 Å². The Morgan fingerprint density at radius 1 is 1.56 bits per heavy atom. The molecule has 0 fully saturated rings. The summed E-state index contributed by atoms with van der Waals surface area (Å²) in [6.07, 6.45) is 1.50. The largest absolute Gasteiger partial charge is 0.493 e. The molecule has 6 heteroatoms. The van der Waals surface area contributed by atoms with Crippen LogP contribution in [0.25, 0.3) is 10.4 Å². The maximum atomic E-state index is 11.8. The average molecular weight is 246 g/mol. The van der Waals surface area contributed by atoms with Crippen LogP contribution in [0.1, 0.15) is 22.3 Å². The van der Waals surface area contributed by atoms with E-state index in [1.807, 2.05) is 12.1 Å². The number of benzene rings is 1. The molecule has 1 heterocycles. The van der Waals surface area contributed by atoms with Gasteiger partial charge in [0, 0.05) is 30.0 Å². The summed E-state index contributed by atoms with van der Waals surface area (Å²) in [5.74, 6) is 0.764. The Morgan fingerprint density at radius 2 is 2.44 bits per heavy atom. The molecule has 1 N–H and O–H groups in total. The zero-order valence-electron chi connectivity index (χ0n) is 9.93. The van der Waals surface area contributed by atoms with E-state index in [4.69, 9.17) is 10.3 Å². The number of hydrogen-bond donors (Lipinski definition) is 1. The Bertz CT molecular complexity index is 495. The van der Waals surface area contributed by atoms with Crippen LogP contribution in [0.2, 0.25) is 0 Å². The quantitative estimate of drug-likeness (QED) is 0.373. The van der Waals surface area contributed by atoms with Crippen molar-refractivity contribution < 1.29 is 9.53 Å². The van der Waals surface area contributed by atoms with Crippen molar-refractivity contribution in [2.45, 2.75) is 12.8 Å². The number of nitrogens with one attached hydrogen (secondary N) is 1. The summed E-state index contributed by atoms with van der Waals surface area (Å²) in [5, 5.41) is 6.19. The van der Waals surface area contributed by atoms with Crippen molar-refractivity contribution in [3.8, 4) is 5.75 Å². The third-order valence-electron chi connectivity index (χ3n) is 2.74. The van der Waals surface area contributed by atoms with Gasteiger partial charge in [0.15, 0.2) is 0 Å². The molecule has 0 bridgehead atoms. The lowest BCUT2D eigenvalue weighted by Crippen LogP contribution is -2.24. The molecule has 1 aromatic carbocycles. The maximum absolute atomic E-state index is 11.8. The van der Waals surface area contributed by atoms with Gasteiger partial charge in [-0.3, -0.25) is 4.79 Å². The number of ether oxygens (including phenoxy) is 1. The molecule has 0 radical (unpaired) electrons. The lowest BCUT2D eigenvalue weighted by molar-refractivity contribution is 0.0953. The van der Waals surface area contributed by atoms with E-state index >= 15 is 0 Å². The molecule has 2 rings (SSSR count). The van der Waals surface area contributed by atoms with Crippen LogP contribution < -0.4 is 10.1 Å². The third kappa shape index (κ3) is 2.93. The van der Waals surface area contributed by atoms with Crippen LogP contribution in [0.3, 0.4) is 0 Å². The summed E-state index contributed by atoms with van der Waals surface area (Å²) < 4.78 is 5.38. The first-order valence-electron chi connectivity index (χ1n) is 5.86. The van der Waals surface area contributed by atoms with Crippen molar-refractivity contribution in [2.75, 3.05) is 19.7 Å². The first kappa shape index (κ1) is 12.3. The monoisotopic (exact) mass is 246 g/mol. The fourth-order valence-electron chi connectivity index (χ4n) is 1.83. The van der Waals surface area contributed by atoms with Gasteiger partial charge in [0.2, 0.25) is 0 Å². The molecule has 1 aliphatic rings. The van der Waals surface area contributed by atoms with E-state index in [1.165, 1.54) is 0 Å². The van der Waals surface area contributed by atoms with Crippen molar-refractivity contribution in [1.82, 2.24) is 5.32 Å². The van der Waals surface area contributed by atoms with E-state index in [0.717, 1.165) is 17.7 Å². The van der Waals surface area contributed by atoms with Gasteiger partial charge < -0.3 is 10.1 Å². The lowest BCUT2D eigenvalue weighted by Gasteiger charge is -2.05. The number of amides is 1. The van der Waals surface area contributed by atoms with Crippen molar-refractivity contribution in [1.29, 1.82) is 0 Å². The van der Waals surface area contributed by atoms with Gasteiger partial charge in [-0.15, -0.1) is 0 Å². The second-order valence-corrected chi connectivity index (χ2v) is 3.98. The second-order valence-electron chi connectivity index (χ2n) is 3.98. The highest BCUT2D eigenvalue weighted by Crippen LogP contribution is 2.25. The van der Waals surface area contributed by atoms with E-state index in [1.54, 1.807) is 6.07 Å². The topological polar surface area (TPSA) is 87.1 Å². The van der Waals surface area contributed by atoms with Crippen molar-refractivity contribution in [3.05, 3.63) is 39.8 Å². The van der Waals surface area contributed by atoms with Gasteiger partial charge in [-0.2, -0.15) is 0 Å². The smallest absolute Gasteiger partial charge is 0.251 e. The molecule has 18 heavy (non-hydrogen) atoms. The summed E-state index contributed by atoms with van der Waals surface area (Å²) in [5.41, 5.74) is 9.82. The molecule has 6 nitrogen and oxygen atoms in total. The summed E-state index contributed by atoms with van der Waals surface area (Å²) in [4.78, 5) is 14.5. The Balaban J connectivity index is 1.87. The molecule has 0 unspecified atom stereocenters. The number of azide groups is 1. The minimum atomic E-state index is -0.106. The van der Waals surface area contributed by atoms with E-state index < -0.39 is 0 Å². The zero-order chi connectivity index (χ0) is 12.8. The van der Waals surface area contributed by atoms with E-state index in [9.17, 15) is 4.79 Å². The van der Waals surface area contributed by atoms with Crippen molar-refractivity contribution >= 4 is 5.91 Å². The van der Waals surface area contributed by atoms with Gasteiger partial charge in [-0.1, -0.05) is 5.11 Å². The fraction of sp³-hybridized carbons (Fsp3) is 0.417. The van der Waals surface area contributed by atoms with Gasteiger partial charge in [-0.05, 0) is 35.7 Å². The number of hydrogen-bond acceptors (Lipinski definition) is 3. The van der Waals surface area contributed by atoms with Gasteiger partial charge in [0.05, 0.1) is 6.61 Å². The predicted molar refractivity (Wildman–Crippen MR) is 66.6 cm³/mol. The Morgan fingerprint density at radius 3 is 3.28 bits per heavy atom. The SMILES string of the molecule is [N-]=[N+]=NCCCNC(=O)c1ccc2c(c1)CCO2. The molecule has 0 saturated heterocycles. The number of rotatable bonds is 5. The maximum Gasteiger partial charge on any atom is 0.251 e. The molecule has 94 valence electrons. The highest BCUT2D eigenvalue weighted by atomic mass is 16.5. The van der Waals surface area contributed by atoms with Crippen LogP contribution in [0.5, 0.6) is 5.75 Å². The fourth-order valence-corrected chi connectivity index (χ4v) is 1.83. The standard InChI is InChI=1S/C12H14N4O2/c13-16-15-6-1-5-14-12(17)10-2-3-11-9(8-10)4-7-18-11/h2-3,8H,1,4-7H2,(H,14,17). The normalized spacial score (nSPS) is 12.2. The van der Waals surface area contributed by atoms with Crippen molar-refractivity contribution in [3.63, 3.8) is 0 Å². The molecule has 1 aromatic rings. The molecular weight excluding hydrogens is 232 g/mol. The molecule has 0 spiro atoms. The van der Waals surface area contributed by atoms with Gasteiger partial charge in [0.25, 0.3) is 5.91 Å². The minimum absolute atomic E-state index is 0.106. The second kappa shape index (κ2) is 5.93. The number of carbonyl (C=O) groups is 1. The van der Waals surface area contributed by atoms with Crippen molar-refractivity contribution in [2.24, 2.45) is 5.11 Å². The molecule has 0 aromatic heterocycles. The summed E-state index contributed by atoms with van der Waals surface area (Å²) in [6.45, 7) is 1.59. The van der Waals surface area contributed by atoms with E-state index in [0.29, 0.717) is 31.7 Å². The van der Waals surface area contributed by atoms with Crippen LogP contribution in [-0.2, 0) is 6.42 Å². The predicted octanol–water partition coefficient (Wildman–Crippen LogP) is 2.05. The first-order chi connectivity index (χ1) is 8.81. The number of fused-ring (bicyclic) bond motifs is 1. The lowest BCUT2D eigenvalue weighted by atomic mass is 10.1. The number of carbonyl (C=O) groups excluding carboxylic acids is 1. The van der Waals surface area contributed by atoms with Crippen LogP contribution in [0.4, 0.5) is 0 Å². The van der Waals surface area contributed by atoms with E-state index in [-0.39, 0.29) is 5.91 Å².